The molecule has 1 saturated heterocycles. The van der Waals surface area contributed by atoms with Crippen molar-refractivity contribution >= 4 is 10.8 Å². The van der Waals surface area contributed by atoms with Gasteiger partial charge in [-0.2, -0.15) is 0 Å². The maximum Gasteiger partial charge on any atom is 0.122 e. The second-order valence-electron chi connectivity index (χ2n) is 7.29. The van der Waals surface area contributed by atoms with Gasteiger partial charge in [0.2, 0.25) is 0 Å². The molecule has 0 bridgehead atoms. The molecule has 1 aliphatic rings. The highest BCUT2D eigenvalue weighted by atomic mass is 16.5. The van der Waals surface area contributed by atoms with E-state index in [-0.39, 0.29) is 6.10 Å². The zero-order chi connectivity index (χ0) is 20.2. The van der Waals surface area contributed by atoms with Gasteiger partial charge in [-0.25, -0.2) is 0 Å². The number of nitrogens with zero attached hydrogens (tertiary/aromatic N) is 1. The van der Waals surface area contributed by atoms with E-state index < -0.39 is 0 Å². The fourth-order valence-corrected chi connectivity index (χ4v) is 3.83. The smallest absolute Gasteiger partial charge is 0.122 e. The van der Waals surface area contributed by atoms with E-state index in [1.807, 2.05) is 12.1 Å². The Morgan fingerprint density at radius 2 is 1.52 bits per heavy atom. The Kier molecular flexibility index (Phi) is 5.88. The molecule has 0 amide bonds. The lowest BCUT2D eigenvalue weighted by molar-refractivity contribution is -0.0328. The first kappa shape index (κ1) is 19.6. The summed E-state index contributed by atoms with van der Waals surface area (Å²) >= 11 is 0. The van der Waals surface area contributed by atoms with Crippen molar-refractivity contribution in [3.63, 3.8) is 0 Å². The average Bonchev–Trinajstić information content (AvgIpc) is 2.78. The van der Waals surface area contributed by atoms with Crippen molar-refractivity contribution < 1.29 is 18.9 Å². The summed E-state index contributed by atoms with van der Waals surface area (Å²) < 4.78 is 22.2. The van der Waals surface area contributed by atoms with Crippen molar-refractivity contribution in [2.45, 2.75) is 12.6 Å². The van der Waals surface area contributed by atoms with E-state index in [1.165, 1.54) is 21.9 Å². The highest BCUT2D eigenvalue weighted by Crippen LogP contribution is 2.29. The van der Waals surface area contributed by atoms with E-state index >= 15 is 0 Å². The number of ether oxygens (including phenoxy) is 4. The third kappa shape index (κ3) is 4.47. The molecule has 4 rings (SSSR count). The van der Waals surface area contributed by atoms with Gasteiger partial charge >= 0.3 is 0 Å². The minimum absolute atomic E-state index is 0.0581. The molecule has 1 heterocycles. The summed E-state index contributed by atoms with van der Waals surface area (Å²) in [6.45, 7) is 3.30. The first-order valence-electron chi connectivity index (χ1n) is 9.82. The highest BCUT2D eigenvalue weighted by molar-refractivity contribution is 5.84. The Hall–Kier alpha value is -2.76. The van der Waals surface area contributed by atoms with Gasteiger partial charge in [0.05, 0.1) is 34.0 Å². The second-order valence-corrected chi connectivity index (χ2v) is 7.29. The fraction of sp³-hybridized carbons (Fsp3) is 0.333. The van der Waals surface area contributed by atoms with Crippen LogP contribution in [0.4, 0.5) is 0 Å². The van der Waals surface area contributed by atoms with Crippen LogP contribution in [-0.2, 0) is 11.3 Å². The first-order chi connectivity index (χ1) is 14.2. The predicted octanol–water partition coefficient (Wildman–Crippen LogP) is 4.44. The Bertz CT molecular complexity index is 966. The Labute approximate surface area is 171 Å². The van der Waals surface area contributed by atoms with Crippen LogP contribution in [0.5, 0.6) is 17.2 Å². The van der Waals surface area contributed by atoms with Crippen LogP contribution >= 0.6 is 0 Å². The van der Waals surface area contributed by atoms with Crippen molar-refractivity contribution in [3.05, 3.63) is 65.7 Å². The summed E-state index contributed by atoms with van der Waals surface area (Å²) in [6.07, 6.45) is 0.0581. The van der Waals surface area contributed by atoms with Crippen LogP contribution in [-0.4, -0.2) is 45.9 Å². The van der Waals surface area contributed by atoms with Gasteiger partial charge in [0.1, 0.15) is 17.2 Å². The molecule has 5 heteroatoms. The van der Waals surface area contributed by atoms with Crippen LogP contribution in [0.2, 0.25) is 0 Å². The van der Waals surface area contributed by atoms with E-state index in [1.54, 1.807) is 21.3 Å². The van der Waals surface area contributed by atoms with E-state index in [0.29, 0.717) is 6.61 Å². The largest absolute Gasteiger partial charge is 0.497 e. The van der Waals surface area contributed by atoms with Crippen molar-refractivity contribution in [1.82, 2.24) is 4.90 Å². The molecule has 3 aromatic rings. The lowest BCUT2D eigenvalue weighted by atomic mass is 10.0. The molecule has 0 spiro atoms. The molecule has 1 aliphatic heterocycles. The summed E-state index contributed by atoms with van der Waals surface area (Å²) in [7, 11) is 5.05. The molecular formula is C24H27NO4. The molecular weight excluding hydrogens is 366 g/mol. The van der Waals surface area contributed by atoms with Gasteiger partial charge in [-0.05, 0) is 52.2 Å². The van der Waals surface area contributed by atoms with Gasteiger partial charge in [0, 0.05) is 25.7 Å². The molecule has 0 aromatic heterocycles. The molecule has 1 atom stereocenters. The quantitative estimate of drug-likeness (QED) is 0.619. The van der Waals surface area contributed by atoms with E-state index in [4.69, 9.17) is 18.9 Å². The van der Waals surface area contributed by atoms with Gasteiger partial charge in [0.15, 0.2) is 0 Å². The molecule has 29 heavy (non-hydrogen) atoms. The zero-order valence-electron chi connectivity index (χ0n) is 17.2. The zero-order valence-corrected chi connectivity index (χ0v) is 17.2. The summed E-state index contributed by atoms with van der Waals surface area (Å²) in [5.74, 6) is 2.50. The van der Waals surface area contributed by atoms with Crippen LogP contribution in [0.1, 0.15) is 17.2 Å². The van der Waals surface area contributed by atoms with Crippen molar-refractivity contribution in [3.8, 4) is 17.2 Å². The van der Waals surface area contributed by atoms with Gasteiger partial charge in [-0.15, -0.1) is 0 Å². The van der Waals surface area contributed by atoms with E-state index in [0.717, 1.165) is 36.9 Å². The van der Waals surface area contributed by atoms with Crippen molar-refractivity contribution in [2.75, 3.05) is 41.0 Å². The Balaban J connectivity index is 1.50. The molecule has 5 nitrogen and oxygen atoms in total. The van der Waals surface area contributed by atoms with Crippen LogP contribution in [0.25, 0.3) is 10.8 Å². The van der Waals surface area contributed by atoms with Crippen LogP contribution < -0.4 is 14.2 Å². The molecule has 0 aliphatic carbocycles. The van der Waals surface area contributed by atoms with E-state index in [2.05, 4.69) is 47.4 Å². The monoisotopic (exact) mass is 393 g/mol. The minimum atomic E-state index is 0.0581. The summed E-state index contributed by atoms with van der Waals surface area (Å²) in [5.41, 5.74) is 2.38. The first-order valence-corrected chi connectivity index (χ1v) is 9.82. The van der Waals surface area contributed by atoms with Gasteiger partial charge < -0.3 is 18.9 Å². The number of methoxy groups -OCH3 is 3. The number of morpholine rings is 1. The standard InChI is InChI=1S/C24H27NO4/c1-26-21-7-6-18-12-20(5-4-19(18)13-21)24-16-25(8-9-29-24)15-17-10-22(27-2)14-23(11-17)28-3/h4-7,10-14,24H,8-9,15-16H2,1-3H3/t24-/m0/s1. The number of hydrogen-bond donors (Lipinski definition) is 0. The Morgan fingerprint density at radius 1 is 0.828 bits per heavy atom. The predicted molar refractivity (Wildman–Crippen MR) is 114 cm³/mol. The van der Waals surface area contributed by atoms with Gasteiger partial charge in [-0.1, -0.05) is 18.2 Å². The van der Waals surface area contributed by atoms with Crippen molar-refractivity contribution in [1.29, 1.82) is 0 Å². The Morgan fingerprint density at radius 3 is 2.24 bits per heavy atom. The summed E-state index contributed by atoms with van der Waals surface area (Å²) in [6, 6.07) is 18.7. The molecule has 0 radical (unpaired) electrons. The summed E-state index contributed by atoms with van der Waals surface area (Å²) in [5, 5.41) is 2.37. The maximum absolute atomic E-state index is 6.10. The third-order valence-electron chi connectivity index (χ3n) is 5.41. The number of hydrogen-bond acceptors (Lipinski definition) is 5. The minimum Gasteiger partial charge on any atom is -0.497 e. The summed E-state index contributed by atoms with van der Waals surface area (Å²) in [4.78, 5) is 2.42. The van der Waals surface area contributed by atoms with Crippen molar-refractivity contribution in [2.24, 2.45) is 0 Å². The number of fused-ring (bicyclic) bond motifs is 1. The fourth-order valence-electron chi connectivity index (χ4n) is 3.83. The molecule has 152 valence electrons. The molecule has 0 saturated carbocycles. The number of rotatable bonds is 6. The normalized spacial score (nSPS) is 17.3. The molecule has 3 aromatic carbocycles. The molecule has 1 fully saturated rings. The maximum atomic E-state index is 6.10. The number of benzene rings is 3. The lowest BCUT2D eigenvalue weighted by Crippen LogP contribution is -2.37. The second kappa shape index (κ2) is 8.72. The highest BCUT2D eigenvalue weighted by Gasteiger charge is 2.22. The van der Waals surface area contributed by atoms with Crippen LogP contribution in [0, 0.1) is 0 Å². The average molecular weight is 393 g/mol. The topological polar surface area (TPSA) is 40.2 Å². The third-order valence-corrected chi connectivity index (χ3v) is 5.41. The lowest BCUT2D eigenvalue weighted by Gasteiger charge is -2.33. The molecule has 0 unspecified atom stereocenters. The molecule has 0 N–H and O–H groups in total. The SMILES string of the molecule is COc1cc(CN2CCO[C@H](c3ccc4cc(OC)ccc4c3)C2)cc(OC)c1. The van der Waals surface area contributed by atoms with Gasteiger partial charge in [0.25, 0.3) is 0 Å². The van der Waals surface area contributed by atoms with E-state index in [9.17, 15) is 0 Å². The van der Waals surface area contributed by atoms with Gasteiger partial charge in [-0.3, -0.25) is 4.90 Å². The van der Waals surface area contributed by atoms with Crippen LogP contribution in [0.3, 0.4) is 0 Å². The van der Waals surface area contributed by atoms with Crippen LogP contribution in [0.15, 0.2) is 54.6 Å².